The summed E-state index contributed by atoms with van der Waals surface area (Å²) in [7, 11) is 0. The van der Waals surface area contributed by atoms with Crippen LogP contribution >= 0.6 is 24.4 Å². The van der Waals surface area contributed by atoms with Crippen molar-refractivity contribution in [3.63, 3.8) is 0 Å². The lowest BCUT2D eigenvalue weighted by atomic mass is 9.68. The van der Waals surface area contributed by atoms with E-state index in [0.29, 0.717) is 10.3 Å². The van der Waals surface area contributed by atoms with E-state index in [2.05, 4.69) is 24.5 Å². The van der Waals surface area contributed by atoms with Crippen molar-refractivity contribution < 1.29 is 9.47 Å². The Kier molecular flexibility index (Phi) is 34.2. The third kappa shape index (κ3) is 29.3. The molecule has 6 heteroatoms. The highest BCUT2D eigenvalue weighted by Gasteiger charge is 2.44. The molecule has 0 aromatic rings. The van der Waals surface area contributed by atoms with Crippen LogP contribution in [0.3, 0.4) is 0 Å². The normalized spacial score (nSPS) is 16.3. The highest BCUT2D eigenvalue weighted by atomic mass is 32.1. The van der Waals surface area contributed by atoms with Gasteiger partial charge in [0, 0.05) is 11.1 Å². The zero-order chi connectivity index (χ0) is 40.8. The molecule has 2 aliphatic rings. The van der Waals surface area contributed by atoms with Crippen LogP contribution in [-0.4, -0.2) is 34.6 Å². The number of hydrogen-bond donors (Lipinski definition) is 2. The first kappa shape index (κ1) is 52.5. The third-order valence-electron chi connectivity index (χ3n) is 13.5. The van der Waals surface area contributed by atoms with Crippen LogP contribution in [0.25, 0.3) is 0 Å². The summed E-state index contributed by atoms with van der Waals surface area (Å²) in [6, 6.07) is 0. The molecule has 0 aromatic carbocycles. The van der Waals surface area contributed by atoms with Crippen LogP contribution in [-0.2, 0) is 9.47 Å². The van der Waals surface area contributed by atoms with Crippen LogP contribution < -0.4 is 10.6 Å². The molecule has 0 bridgehead atoms. The number of nitrogens with one attached hydrogen (secondary N) is 2. The van der Waals surface area contributed by atoms with Gasteiger partial charge in [-0.05, 0) is 69.4 Å². The second-order valence-electron chi connectivity index (χ2n) is 19.0. The maximum absolute atomic E-state index is 6.18. The maximum Gasteiger partial charge on any atom is 0.257 e. The number of unbranched alkanes of at least 4 members (excludes halogenated alkanes) is 30. The predicted molar refractivity (Wildman–Crippen MR) is 259 cm³/mol. The van der Waals surface area contributed by atoms with Gasteiger partial charge in [0.05, 0.1) is 13.2 Å². The zero-order valence-electron chi connectivity index (χ0n) is 38.5. The molecule has 2 rings (SSSR count). The number of ether oxygens (including phenoxy) is 2. The van der Waals surface area contributed by atoms with Crippen LogP contribution in [0.15, 0.2) is 0 Å². The molecule has 4 nitrogen and oxygen atoms in total. The van der Waals surface area contributed by atoms with E-state index < -0.39 is 0 Å². The summed E-state index contributed by atoms with van der Waals surface area (Å²) >= 11 is 11.7. The first-order chi connectivity index (χ1) is 28.0. The average Bonchev–Trinajstić information content (AvgIpc) is 3.20. The van der Waals surface area contributed by atoms with Gasteiger partial charge >= 0.3 is 0 Å². The van der Waals surface area contributed by atoms with E-state index in [-0.39, 0.29) is 11.1 Å². The van der Waals surface area contributed by atoms with E-state index in [1.54, 1.807) is 0 Å². The van der Waals surface area contributed by atoms with Crippen molar-refractivity contribution in [1.82, 2.24) is 10.6 Å². The Labute approximate surface area is 367 Å². The quantitative estimate of drug-likeness (QED) is 0.0477. The van der Waals surface area contributed by atoms with Crippen LogP contribution in [0.5, 0.6) is 0 Å². The molecular weight excluding hydrogens is 737 g/mol. The third-order valence-corrected chi connectivity index (χ3v) is 13.9. The Bertz CT molecular complexity index is 845. The van der Waals surface area contributed by atoms with Crippen LogP contribution in [0.1, 0.15) is 290 Å². The average molecular weight is 835 g/mol. The molecule has 0 aromatic heterocycles. The fraction of sp³-hybridized carbons (Fsp3) is 0.961. The van der Waals surface area contributed by atoms with Crippen molar-refractivity contribution in [2.24, 2.45) is 0 Å². The monoisotopic (exact) mass is 835 g/mol. The lowest BCUT2D eigenvalue weighted by Crippen LogP contribution is -2.60. The van der Waals surface area contributed by atoms with Gasteiger partial charge in [-0.2, -0.15) is 0 Å². The lowest BCUT2D eigenvalue weighted by molar-refractivity contribution is 0.131. The Balaban J connectivity index is 1.56. The summed E-state index contributed by atoms with van der Waals surface area (Å²) in [5.74, 6) is 0. The second-order valence-corrected chi connectivity index (χ2v) is 19.7. The van der Waals surface area contributed by atoms with Crippen molar-refractivity contribution in [2.75, 3.05) is 13.2 Å². The van der Waals surface area contributed by atoms with Crippen LogP contribution in [0, 0.1) is 0 Å². The highest BCUT2D eigenvalue weighted by Crippen LogP contribution is 2.41. The molecule has 2 saturated carbocycles. The summed E-state index contributed by atoms with van der Waals surface area (Å²) in [6.45, 7) is 6.08. The Morgan fingerprint density at radius 3 is 0.825 bits per heavy atom. The molecule has 2 fully saturated rings. The van der Waals surface area contributed by atoms with Crippen molar-refractivity contribution in [1.29, 1.82) is 0 Å². The van der Waals surface area contributed by atoms with Crippen LogP contribution in [0.2, 0.25) is 0 Å². The Morgan fingerprint density at radius 1 is 0.351 bits per heavy atom. The number of hydrogen-bond acceptors (Lipinski definition) is 4. The first-order valence-corrected chi connectivity index (χ1v) is 26.7. The van der Waals surface area contributed by atoms with Gasteiger partial charge in [-0.15, -0.1) is 0 Å². The molecule has 0 saturated heterocycles. The molecule has 336 valence electrons. The van der Waals surface area contributed by atoms with Crippen LogP contribution in [0.4, 0.5) is 0 Å². The predicted octanol–water partition coefficient (Wildman–Crippen LogP) is 17.1. The Morgan fingerprint density at radius 2 is 0.579 bits per heavy atom. The van der Waals surface area contributed by atoms with Crippen molar-refractivity contribution in [3.8, 4) is 0 Å². The lowest BCUT2D eigenvalue weighted by Gasteiger charge is -2.48. The molecule has 0 aliphatic heterocycles. The Hall–Kier alpha value is -0.620. The molecule has 0 spiro atoms. The fourth-order valence-corrected chi connectivity index (χ4v) is 10.5. The fourth-order valence-electron chi connectivity index (χ4n) is 9.93. The standard InChI is InChI=1S/C51H98N2O2S2/c1-3-5-7-9-11-13-15-17-19-21-23-25-27-29-31-39-45-54-48(56)52-50(41-35-33-36-42-50)47-51(43-37-34-38-44-51)53-49(57)55-46-40-32-30-28-26-24-22-20-18-16-14-12-10-8-6-4-2/h3-47H2,1-2H3,(H,52,56)(H,53,57). The van der Waals surface area contributed by atoms with Crippen molar-refractivity contribution >= 4 is 34.8 Å². The van der Waals surface area contributed by atoms with E-state index in [1.807, 2.05) is 0 Å². The van der Waals surface area contributed by atoms with Gasteiger partial charge in [0.1, 0.15) is 0 Å². The van der Waals surface area contributed by atoms with Gasteiger partial charge in [-0.3, -0.25) is 0 Å². The highest BCUT2D eigenvalue weighted by molar-refractivity contribution is 7.80. The second kappa shape index (κ2) is 37.2. The molecule has 57 heavy (non-hydrogen) atoms. The van der Waals surface area contributed by atoms with E-state index in [0.717, 1.165) is 58.2 Å². The van der Waals surface area contributed by atoms with E-state index in [1.165, 1.54) is 231 Å². The van der Waals surface area contributed by atoms with Gasteiger partial charge in [-0.1, -0.05) is 245 Å². The SMILES string of the molecule is CCCCCCCCCCCCCCCCCCOC(=S)NC1(CC2(NC(=S)OCCCCCCCCCCCCCCCCCC)CCCCC2)CCCCC1. The van der Waals surface area contributed by atoms with Gasteiger partial charge in [-0.25, -0.2) is 0 Å². The van der Waals surface area contributed by atoms with Gasteiger partial charge in [0.15, 0.2) is 0 Å². The summed E-state index contributed by atoms with van der Waals surface area (Å²) in [5.41, 5.74) is -0.0321. The minimum atomic E-state index is -0.0161. The van der Waals surface area contributed by atoms with Gasteiger partial charge < -0.3 is 20.1 Å². The topological polar surface area (TPSA) is 42.5 Å². The molecule has 0 unspecified atom stereocenters. The molecule has 0 radical (unpaired) electrons. The van der Waals surface area contributed by atoms with E-state index >= 15 is 0 Å². The summed E-state index contributed by atoms with van der Waals surface area (Å²) in [4.78, 5) is 0. The van der Waals surface area contributed by atoms with Crippen molar-refractivity contribution in [2.45, 2.75) is 301 Å². The minimum absolute atomic E-state index is 0.0161. The first-order valence-electron chi connectivity index (χ1n) is 25.9. The summed E-state index contributed by atoms with van der Waals surface area (Å²) in [5, 5.41) is 8.88. The van der Waals surface area contributed by atoms with Gasteiger partial charge in [0.25, 0.3) is 10.3 Å². The van der Waals surface area contributed by atoms with Gasteiger partial charge in [0.2, 0.25) is 0 Å². The number of thiocarbonyl (C=S) groups is 2. The summed E-state index contributed by atoms with van der Waals surface area (Å²) in [6.07, 6.45) is 57.7. The maximum atomic E-state index is 6.18. The smallest absolute Gasteiger partial charge is 0.257 e. The zero-order valence-corrected chi connectivity index (χ0v) is 40.1. The molecule has 2 N–H and O–H groups in total. The molecule has 2 aliphatic carbocycles. The molecular formula is C51H98N2O2S2. The molecule has 0 amide bonds. The van der Waals surface area contributed by atoms with E-state index in [9.17, 15) is 0 Å². The van der Waals surface area contributed by atoms with E-state index in [4.69, 9.17) is 33.9 Å². The summed E-state index contributed by atoms with van der Waals surface area (Å²) < 4.78 is 12.4. The van der Waals surface area contributed by atoms with Crippen molar-refractivity contribution in [3.05, 3.63) is 0 Å². The molecule has 0 heterocycles. The minimum Gasteiger partial charge on any atom is -0.471 e. The largest absolute Gasteiger partial charge is 0.471 e. The molecule has 0 atom stereocenters. The number of rotatable bonds is 38.